The summed E-state index contributed by atoms with van der Waals surface area (Å²) < 4.78 is 0. The molecular weight excluding hydrogens is 196 g/mol. The molecule has 5 heteroatoms. The molecule has 0 aromatic carbocycles. The number of amides is 1. The van der Waals surface area contributed by atoms with Gasteiger partial charge in [-0.1, -0.05) is 0 Å². The molecule has 1 aliphatic carbocycles. The first-order valence-electron chi connectivity index (χ1n) is 5.29. The van der Waals surface area contributed by atoms with Crippen LogP contribution in [-0.2, 0) is 9.59 Å². The van der Waals surface area contributed by atoms with Gasteiger partial charge in [0.2, 0.25) is 5.91 Å². The first-order chi connectivity index (χ1) is 6.99. The van der Waals surface area contributed by atoms with Gasteiger partial charge in [-0.05, 0) is 32.6 Å². The summed E-state index contributed by atoms with van der Waals surface area (Å²) in [7, 11) is 0. The number of carbonyl (C=O) groups is 2. The van der Waals surface area contributed by atoms with Gasteiger partial charge < -0.3 is 16.2 Å². The number of carboxylic acid groups (broad SMARTS) is 1. The van der Waals surface area contributed by atoms with Gasteiger partial charge in [0, 0.05) is 12.5 Å². The number of hydrogen-bond acceptors (Lipinski definition) is 3. The van der Waals surface area contributed by atoms with Crippen molar-refractivity contribution in [1.29, 1.82) is 0 Å². The predicted molar refractivity (Wildman–Crippen MR) is 55.2 cm³/mol. The molecule has 0 saturated heterocycles. The van der Waals surface area contributed by atoms with E-state index in [-0.39, 0.29) is 11.8 Å². The molecule has 4 N–H and O–H groups in total. The fourth-order valence-corrected chi connectivity index (χ4v) is 1.93. The van der Waals surface area contributed by atoms with E-state index in [0.29, 0.717) is 32.2 Å². The van der Waals surface area contributed by atoms with Crippen LogP contribution in [0, 0.1) is 5.92 Å². The number of nitrogens with two attached hydrogens (primary N) is 1. The lowest BCUT2D eigenvalue weighted by Crippen LogP contribution is -2.51. The summed E-state index contributed by atoms with van der Waals surface area (Å²) in [5.41, 5.74) is 4.58. The molecule has 0 aliphatic heterocycles. The minimum absolute atomic E-state index is 0.0185. The molecule has 0 atom stereocenters. The van der Waals surface area contributed by atoms with Crippen LogP contribution < -0.4 is 11.1 Å². The summed E-state index contributed by atoms with van der Waals surface area (Å²) >= 11 is 0. The maximum Gasteiger partial charge on any atom is 0.323 e. The number of carbonyl (C=O) groups excluding carboxylic acids is 1. The molecule has 15 heavy (non-hydrogen) atoms. The number of aliphatic carboxylic acids is 1. The van der Waals surface area contributed by atoms with Gasteiger partial charge in [0.15, 0.2) is 0 Å². The van der Waals surface area contributed by atoms with Crippen LogP contribution >= 0.6 is 0 Å². The zero-order valence-electron chi connectivity index (χ0n) is 8.95. The number of carboxylic acids is 1. The van der Waals surface area contributed by atoms with Crippen molar-refractivity contribution < 1.29 is 14.7 Å². The van der Waals surface area contributed by atoms with Crippen LogP contribution in [0.25, 0.3) is 0 Å². The van der Waals surface area contributed by atoms with Gasteiger partial charge in [-0.2, -0.15) is 0 Å². The Hall–Kier alpha value is -1.10. The second kappa shape index (κ2) is 4.61. The maximum atomic E-state index is 11.5. The Morgan fingerprint density at radius 2 is 2.00 bits per heavy atom. The highest BCUT2D eigenvalue weighted by Gasteiger charge is 2.39. The van der Waals surface area contributed by atoms with Crippen LogP contribution in [0.5, 0.6) is 0 Å². The molecule has 1 rings (SSSR count). The second-order valence-electron chi connectivity index (χ2n) is 4.13. The van der Waals surface area contributed by atoms with Gasteiger partial charge in [0.25, 0.3) is 0 Å². The lowest BCUT2D eigenvalue weighted by molar-refractivity contribution is -0.146. The van der Waals surface area contributed by atoms with Crippen molar-refractivity contribution in [2.75, 3.05) is 6.54 Å². The van der Waals surface area contributed by atoms with Crippen molar-refractivity contribution in [2.45, 2.75) is 38.1 Å². The van der Waals surface area contributed by atoms with Crippen LogP contribution in [0.15, 0.2) is 0 Å². The number of rotatable bonds is 3. The molecule has 1 saturated carbocycles. The Morgan fingerprint density at radius 3 is 2.40 bits per heavy atom. The molecule has 1 aliphatic rings. The van der Waals surface area contributed by atoms with E-state index < -0.39 is 11.5 Å². The SMILES string of the molecule is CCNC(=O)C1CCC(N)(C(=O)O)CC1. The number of nitrogens with one attached hydrogen (secondary N) is 1. The van der Waals surface area contributed by atoms with Crippen LogP contribution in [0.2, 0.25) is 0 Å². The highest BCUT2D eigenvalue weighted by Crippen LogP contribution is 2.30. The molecule has 0 radical (unpaired) electrons. The summed E-state index contributed by atoms with van der Waals surface area (Å²) in [6.45, 7) is 2.48. The zero-order valence-corrected chi connectivity index (χ0v) is 8.95. The van der Waals surface area contributed by atoms with Crippen molar-refractivity contribution >= 4 is 11.9 Å². The molecule has 0 aromatic heterocycles. The van der Waals surface area contributed by atoms with E-state index in [1.807, 2.05) is 6.92 Å². The molecular formula is C10H18N2O3. The van der Waals surface area contributed by atoms with Crippen LogP contribution in [-0.4, -0.2) is 29.1 Å². The average molecular weight is 214 g/mol. The first-order valence-corrected chi connectivity index (χ1v) is 5.29. The molecule has 0 aromatic rings. The van der Waals surface area contributed by atoms with E-state index in [2.05, 4.69) is 5.32 Å². The van der Waals surface area contributed by atoms with Gasteiger partial charge in [-0.3, -0.25) is 9.59 Å². The Morgan fingerprint density at radius 1 is 1.47 bits per heavy atom. The van der Waals surface area contributed by atoms with E-state index >= 15 is 0 Å². The molecule has 0 heterocycles. The van der Waals surface area contributed by atoms with Crippen molar-refractivity contribution in [1.82, 2.24) is 5.32 Å². The van der Waals surface area contributed by atoms with E-state index in [9.17, 15) is 9.59 Å². The number of hydrogen-bond donors (Lipinski definition) is 3. The molecule has 86 valence electrons. The Kier molecular flexibility index (Phi) is 3.68. The van der Waals surface area contributed by atoms with Gasteiger partial charge in [0.1, 0.15) is 5.54 Å². The quantitative estimate of drug-likeness (QED) is 0.621. The molecule has 5 nitrogen and oxygen atoms in total. The van der Waals surface area contributed by atoms with Gasteiger partial charge in [-0.25, -0.2) is 0 Å². The van der Waals surface area contributed by atoms with Crippen LogP contribution in [0.3, 0.4) is 0 Å². The lowest BCUT2D eigenvalue weighted by atomic mass is 9.77. The third-order valence-electron chi connectivity index (χ3n) is 3.03. The second-order valence-corrected chi connectivity index (χ2v) is 4.13. The summed E-state index contributed by atoms with van der Waals surface area (Å²) in [6, 6.07) is 0. The molecule has 0 spiro atoms. The largest absolute Gasteiger partial charge is 0.480 e. The van der Waals surface area contributed by atoms with E-state index in [1.165, 1.54) is 0 Å². The van der Waals surface area contributed by atoms with Gasteiger partial charge in [-0.15, -0.1) is 0 Å². The van der Waals surface area contributed by atoms with E-state index in [0.717, 1.165) is 0 Å². The first kappa shape index (κ1) is 12.0. The van der Waals surface area contributed by atoms with Crippen LogP contribution in [0.4, 0.5) is 0 Å². The third-order valence-corrected chi connectivity index (χ3v) is 3.03. The topological polar surface area (TPSA) is 92.4 Å². The predicted octanol–water partition coefficient (Wildman–Crippen LogP) is 0.0948. The fraction of sp³-hybridized carbons (Fsp3) is 0.800. The summed E-state index contributed by atoms with van der Waals surface area (Å²) in [5.74, 6) is -1.01. The monoisotopic (exact) mass is 214 g/mol. The minimum atomic E-state index is -1.12. The smallest absolute Gasteiger partial charge is 0.323 e. The lowest BCUT2D eigenvalue weighted by Gasteiger charge is -2.32. The van der Waals surface area contributed by atoms with E-state index in [4.69, 9.17) is 10.8 Å². The highest BCUT2D eigenvalue weighted by molar-refractivity contribution is 5.81. The van der Waals surface area contributed by atoms with Gasteiger partial charge in [0.05, 0.1) is 0 Å². The Bertz CT molecular complexity index is 257. The molecule has 0 bridgehead atoms. The van der Waals surface area contributed by atoms with Crippen molar-refractivity contribution in [3.05, 3.63) is 0 Å². The van der Waals surface area contributed by atoms with Crippen LogP contribution in [0.1, 0.15) is 32.6 Å². The zero-order chi connectivity index (χ0) is 11.5. The minimum Gasteiger partial charge on any atom is -0.480 e. The molecule has 1 amide bonds. The van der Waals surface area contributed by atoms with E-state index in [1.54, 1.807) is 0 Å². The molecule has 1 fully saturated rings. The maximum absolute atomic E-state index is 11.5. The normalized spacial score (nSPS) is 30.9. The fourth-order valence-electron chi connectivity index (χ4n) is 1.93. The highest BCUT2D eigenvalue weighted by atomic mass is 16.4. The molecule has 0 unspecified atom stereocenters. The van der Waals surface area contributed by atoms with Crippen molar-refractivity contribution in [3.8, 4) is 0 Å². The van der Waals surface area contributed by atoms with Crippen molar-refractivity contribution in [2.24, 2.45) is 11.7 Å². The third kappa shape index (κ3) is 2.68. The Balaban J connectivity index is 2.49. The van der Waals surface area contributed by atoms with Crippen molar-refractivity contribution in [3.63, 3.8) is 0 Å². The summed E-state index contributed by atoms with van der Waals surface area (Å²) in [6.07, 6.45) is 1.89. The summed E-state index contributed by atoms with van der Waals surface area (Å²) in [4.78, 5) is 22.3. The Labute approximate surface area is 89.0 Å². The summed E-state index contributed by atoms with van der Waals surface area (Å²) in [5, 5.41) is 11.6. The average Bonchev–Trinajstić information content (AvgIpc) is 2.19. The van der Waals surface area contributed by atoms with Gasteiger partial charge >= 0.3 is 5.97 Å². The standard InChI is InChI=1S/C10H18N2O3/c1-2-12-8(13)7-3-5-10(11,6-4-7)9(14)15/h7H,2-6,11H2,1H3,(H,12,13)(H,14,15).